The fourth-order valence-corrected chi connectivity index (χ4v) is 2.65. The third kappa shape index (κ3) is 3.80. The minimum absolute atomic E-state index is 0.156. The number of hydrogen-bond acceptors (Lipinski definition) is 3. The average molecular weight is 238 g/mol. The number of amides is 1. The van der Waals surface area contributed by atoms with Gasteiger partial charge in [0.1, 0.15) is 0 Å². The number of rotatable bonds is 3. The van der Waals surface area contributed by atoms with Crippen LogP contribution in [0.3, 0.4) is 0 Å². The number of likely N-dealkylation sites (tertiary alicyclic amines) is 2. The maximum Gasteiger partial charge on any atom is 0.224 e. The molecule has 0 spiro atoms. The molecule has 0 aliphatic carbocycles. The van der Waals surface area contributed by atoms with Gasteiger partial charge in [0, 0.05) is 25.9 Å². The van der Waals surface area contributed by atoms with E-state index >= 15 is 0 Å². The first-order valence-corrected chi connectivity index (χ1v) is 6.77. The Bertz CT molecular complexity index is 285. The van der Waals surface area contributed by atoms with Crippen LogP contribution in [0.5, 0.6) is 0 Å². The molecule has 2 heterocycles. The number of ketones is 1. The van der Waals surface area contributed by atoms with Crippen LogP contribution in [0.4, 0.5) is 0 Å². The molecule has 0 aromatic rings. The summed E-state index contributed by atoms with van der Waals surface area (Å²) in [5.74, 6) is 0.367. The fourth-order valence-electron chi connectivity index (χ4n) is 2.65. The highest BCUT2D eigenvalue weighted by Gasteiger charge is 2.21. The molecule has 17 heavy (non-hydrogen) atoms. The van der Waals surface area contributed by atoms with Crippen molar-refractivity contribution in [3.8, 4) is 0 Å². The highest BCUT2D eigenvalue weighted by atomic mass is 16.2. The normalized spacial score (nSPS) is 22.8. The zero-order chi connectivity index (χ0) is 12.1. The monoisotopic (exact) mass is 238 g/mol. The van der Waals surface area contributed by atoms with Crippen molar-refractivity contribution in [2.45, 2.75) is 38.5 Å². The van der Waals surface area contributed by atoms with E-state index in [0.29, 0.717) is 19.4 Å². The van der Waals surface area contributed by atoms with Crippen LogP contribution in [0.2, 0.25) is 0 Å². The van der Waals surface area contributed by atoms with Crippen molar-refractivity contribution < 1.29 is 9.59 Å². The Kier molecular flexibility index (Phi) is 4.54. The van der Waals surface area contributed by atoms with E-state index in [2.05, 4.69) is 4.90 Å². The van der Waals surface area contributed by atoms with Crippen molar-refractivity contribution in [1.82, 2.24) is 9.80 Å². The maximum absolute atomic E-state index is 11.9. The van der Waals surface area contributed by atoms with Crippen LogP contribution in [0.15, 0.2) is 0 Å². The van der Waals surface area contributed by atoms with Gasteiger partial charge in [-0.25, -0.2) is 0 Å². The summed E-state index contributed by atoms with van der Waals surface area (Å²) < 4.78 is 0. The van der Waals surface area contributed by atoms with E-state index in [1.54, 1.807) is 4.90 Å². The van der Waals surface area contributed by atoms with Crippen LogP contribution >= 0.6 is 0 Å². The van der Waals surface area contributed by atoms with Gasteiger partial charge in [-0.1, -0.05) is 6.42 Å². The zero-order valence-corrected chi connectivity index (χ0v) is 10.5. The van der Waals surface area contributed by atoms with Crippen molar-refractivity contribution in [3.63, 3.8) is 0 Å². The predicted octanol–water partition coefficient (Wildman–Crippen LogP) is 1.05. The summed E-state index contributed by atoms with van der Waals surface area (Å²) in [6.45, 7) is 4.24. The van der Waals surface area contributed by atoms with Crippen molar-refractivity contribution >= 4 is 11.7 Å². The first kappa shape index (κ1) is 12.6. The number of Topliss-reactive ketones (excluding diaryl/α,β-unsaturated/α-hetero) is 1. The molecule has 0 N–H and O–H groups in total. The highest BCUT2D eigenvalue weighted by Crippen LogP contribution is 2.11. The lowest BCUT2D eigenvalue weighted by Gasteiger charge is -2.29. The highest BCUT2D eigenvalue weighted by molar-refractivity contribution is 5.87. The van der Waals surface area contributed by atoms with E-state index in [1.807, 2.05) is 0 Å². The molecular weight excluding hydrogens is 216 g/mol. The van der Waals surface area contributed by atoms with Gasteiger partial charge >= 0.3 is 0 Å². The molecule has 0 radical (unpaired) electrons. The summed E-state index contributed by atoms with van der Waals surface area (Å²) in [5, 5.41) is 0. The molecule has 0 unspecified atom stereocenters. The Morgan fingerprint density at radius 2 is 1.82 bits per heavy atom. The Balaban J connectivity index is 1.70. The molecule has 2 aliphatic heterocycles. The molecule has 4 nitrogen and oxygen atoms in total. The Hall–Kier alpha value is -0.900. The van der Waals surface area contributed by atoms with Crippen LogP contribution in [0.1, 0.15) is 38.5 Å². The summed E-state index contributed by atoms with van der Waals surface area (Å²) in [5.41, 5.74) is 0. The quantitative estimate of drug-likeness (QED) is 0.738. The molecule has 0 aromatic carbocycles. The van der Waals surface area contributed by atoms with Crippen LogP contribution in [-0.2, 0) is 9.59 Å². The smallest absolute Gasteiger partial charge is 0.224 e. The van der Waals surface area contributed by atoms with Crippen LogP contribution in [0.25, 0.3) is 0 Å². The second-order valence-corrected chi connectivity index (χ2v) is 5.11. The Labute approximate surface area is 103 Å². The largest absolute Gasteiger partial charge is 0.335 e. The number of nitrogens with zero attached hydrogens (tertiary/aromatic N) is 2. The first-order chi connectivity index (χ1) is 8.25. The average Bonchev–Trinajstić information content (AvgIpc) is 2.37. The minimum Gasteiger partial charge on any atom is -0.335 e. The van der Waals surface area contributed by atoms with E-state index in [1.165, 1.54) is 19.3 Å². The van der Waals surface area contributed by atoms with Gasteiger partial charge in [0.05, 0.1) is 6.54 Å². The van der Waals surface area contributed by atoms with E-state index in [0.717, 1.165) is 32.6 Å². The Morgan fingerprint density at radius 3 is 2.53 bits per heavy atom. The number of hydrogen-bond donors (Lipinski definition) is 0. The third-order valence-electron chi connectivity index (χ3n) is 3.69. The van der Waals surface area contributed by atoms with Gasteiger partial charge in [-0.05, 0) is 32.4 Å². The van der Waals surface area contributed by atoms with Gasteiger partial charge in [0.25, 0.3) is 0 Å². The molecule has 0 aromatic heterocycles. The van der Waals surface area contributed by atoms with Gasteiger partial charge in [-0.15, -0.1) is 0 Å². The van der Waals surface area contributed by atoms with Crippen molar-refractivity contribution in [1.29, 1.82) is 0 Å². The van der Waals surface area contributed by atoms with Crippen LogP contribution < -0.4 is 0 Å². The van der Waals surface area contributed by atoms with Gasteiger partial charge in [0.2, 0.25) is 5.91 Å². The predicted molar refractivity (Wildman–Crippen MR) is 65.7 cm³/mol. The lowest BCUT2D eigenvalue weighted by Crippen LogP contribution is -2.42. The molecule has 2 rings (SSSR count). The molecule has 2 fully saturated rings. The van der Waals surface area contributed by atoms with Gasteiger partial charge in [0.15, 0.2) is 5.78 Å². The van der Waals surface area contributed by atoms with Crippen molar-refractivity contribution in [2.24, 2.45) is 0 Å². The van der Waals surface area contributed by atoms with Gasteiger partial charge < -0.3 is 9.80 Å². The van der Waals surface area contributed by atoms with Gasteiger partial charge in [-0.3, -0.25) is 9.59 Å². The number of carbonyl (C=O) groups is 2. The maximum atomic E-state index is 11.9. The third-order valence-corrected chi connectivity index (χ3v) is 3.69. The first-order valence-electron chi connectivity index (χ1n) is 6.77. The summed E-state index contributed by atoms with van der Waals surface area (Å²) in [6, 6.07) is 0. The second kappa shape index (κ2) is 6.15. The second-order valence-electron chi connectivity index (χ2n) is 5.11. The molecule has 1 amide bonds. The number of carbonyl (C=O) groups excluding carboxylic acids is 2. The van der Waals surface area contributed by atoms with E-state index in [4.69, 9.17) is 0 Å². The van der Waals surface area contributed by atoms with Crippen LogP contribution in [0, 0.1) is 0 Å². The summed E-state index contributed by atoms with van der Waals surface area (Å²) in [6.07, 6.45) is 5.91. The molecule has 0 saturated carbocycles. The lowest BCUT2D eigenvalue weighted by molar-refractivity contribution is -0.137. The van der Waals surface area contributed by atoms with E-state index < -0.39 is 0 Å². The van der Waals surface area contributed by atoms with Crippen molar-refractivity contribution in [2.75, 3.05) is 32.7 Å². The molecule has 2 aliphatic rings. The van der Waals surface area contributed by atoms with Crippen LogP contribution in [-0.4, -0.2) is 54.2 Å². The van der Waals surface area contributed by atoms with Gasteiger partial charge in [-0.2, -0.15) is 0 Å². The summed E-state index contributed by atoms with van der Waals surface area (Å²) in [7, 11) is 0. The molecule has 4 heteroatoms. The molecule has 0 bridgehead atoms. The van der Waals surface area contributed by atoms with Crippen molar-refractivity contribution in [3.05, 3.63) is 0 Å². The zero-order valence-electron chi connectivity index (χ0n) is 10.5. The minimum atomic E-state index is 0.156. The van der Waals surface area contributed by atoms with E-state index in [-0.39, 0.29) is 11.7 Å². The number of piperidine rings is 2. The standard InChI is InChI=1S/C13H22N2O2/c16-12-5-4-9-15(11-12)13(17)6-10-14-7-2-1-3-8-14/h1-11H2. The molecule has 2 saturated heterocycles. The SMILES string of the molecule is O=C1CCCN(C(=O)CCN2CCCCC2)C1. The lowest BCUT2D eigenvalue weighted by atomic mass is 10.1. The Morgan fingerprint density at radius 1 is 1.06 bits per heavy atom. The van der Waals surface area contributed by atoms with E-state index in [9.17, 15) is 9.59 Å². The summed E-state index contributed by atoms with van der Waals surface area (Å²) >= 11 is 0. The molecular formula is C13H22N2O2. The topological polar surface area (TPSA) is 40.6 Å². The fraction of sp³-hybridized carbons (Fsp3) is 0.846. The molecule has 0 atom stereocenters. The molecule has 96 valence electrons. The summed E-state index contributed by atoms with van der Waals surface area (Å²) in [4.78, 5) is 27.3.